The van der Waals surface area contributed by atoms with Crippen LogP contribution in [0.25, 0.3) is 0 Å². The first kappa shape index (κ1) is 9.47. The minimum absolute atomic E-state index is 0.735. The number of nitrogens with one attached hydrogen (secondary N) is 2. The lowest BCUT2D eigenvalue weighted by molar-refractivity contribution is 0.118. The molecule has 1 aliphatic heterocycles. The summed E-state index contributed by atoms with van der Waals surface area (Å²) < 4.78 is 0. The largest absolute Gasteiger partial charge is 0.317 e. The summed E-state index contributed by atoms with van der Waals surface area (Å²) >= 11 is 0. The van der Waals surface area contributed by atoms with Gasteiger partial charge in [-0.05, 0) is 64.1 Å². The van der Waals surface area contributed by atoms with E-state index in [2.05, 4.69) is 17.7 Å². The van der Waals surface area contributed by atoms with Crippen molar-refractivity contribution in [2.24, 2.45) is 5.41 Å². The maximum Gasteiger partial charge on any atom is 0.00644 e. The first-order valence-electron chi connectivity index (χ1n) is 5.73. The molecule has 0 aromatic rings. The summed E-state index contributed by atoms with van der Waals surface area (Å²) in [5.41, 5.74) is 0.735. The van der Waals surface area contributed by atoms with Crippen LogP contribution < -0.4 is 10.6 Å². The smallest absolute Gasteiger partial charge is 0.00644 e. The van der Waals surface area contributed by atoms with Crippen LogP contribution in [0.4, 0.5) is 0 Å². The molecule has 0 aromatic heterocycles. The van der Waals surface area contributed by atoms with E-state index in [9.17, 15) is 0 Å². The first-order valence-corrected chi connectivity index (χ1v) is 5.73. The minimum atomic E-state index is 0.735. The Kier molecular flexibility index (Phi) is 2.89. The van der Waals surface area contributed by atoms with E-state index < -0.39 is 0 Å². The molecule has 76 valence electrons. The van der Waals surface area contributed by atoms with Crippen molar-refractivity contribution in [3.05, 3.63) is 0 Å². The van der Waals surface area contributed by atoms with E-state index >= 15 is 0 Å². The fourth-order valence-corrected chi connectivity index (χ4v) is 2.98. The lowest BCUT2D eigenvalue weighted by atomic mass is 9.67. The van der Waals surface area contributed by atoms with E-state index in [1.54, 1.807) is 0 Å². The molecule has 2 rings (SSSR count). The molecule has 2 fully saturated rings. The van der Waals surface area contributed by atoms with Crippen LogP contribution in [0.3, 0.4) is 0 Å². The van der Waals surface area contributed by atoms with Gasteiger partial charge in [-0.2, -0.15) is 0 Å². The zero-order valence-corrected chi connectivity index (χ0v) is 8.73. The SMILES string of the molecule is CNC1CCC2(CCNCC2)CC1. The fourth-order valence-electron chi connectivity index (χ4n) is 2.98. The van der Waals surface area contributed by atoms with Gasteiger partial charge in [0.1, 0.15) is 0 Å². The Labute approximate surface area is 81.5 Å². The van der Waals surface area contributed by atoms with Gasteiger partial charge in [-0.25, -0.2) is 0 Å². The van der Waals surface area contributed by atoms with Gasteiger partial charge in [0.25, 0.3) is 0 Å². The number of hydrogen-bond donors (Lipinski definition) is 2. The standard InChI is InChI=1S/C11H22N2/c1-12-10-2-4-11(5-3-10)6-8-13-9-7-11/h10,12-13H,2-9H2,1H3. The van der Waals surface area contributed by atoms with Crippen LogP contribution >= 0.6 is 0 Å². The summed E-state index contributed by atoms with van der Waals surface area (Å²) in [6, 6.07) is 0.806. The van der Waals surface area contributed by atoms with E-state index in [1.165, 1.54) is 51.6 Å². The Balaban J connectivity index is 1.87. The van der Waals surface area contributed by atoms with Crippen molar-refractivity contribution >= 4 is 0 Å². The highest BCUT2D eigenvalue weighted by Crippen LogP contribution is 2.42. The minimum Gasteiger partial charge on any atom is -0.317 e. The predicted molar refractivity (Wildman–Crippen MR) is 55.9 cm³/mol. The maximum absolute atomic E-state index is 3.47. The normalized spacial score (nSPS) is 29.3. The van der Waals surface area contributed by atoms with Gasteiger partial charge >= 0.3 is 0 Å². The molecule has 1 heterocycles. The summed E-state index contributed by atoms with van der Waals surface area (Å²) in [6.07, 6.45) is 8.56. The van der Waals surface area contributed by atoms with Gasteiger partial charge in [-0.1, -0.05) is 0 Å². The van der Waals surface area contributed by atoms with Crippen LogP contribution in [0, 0.1) is 5.41 Å². The van der Waals surface area contributed by atoms with E-state index in [-0.39, 0.29) is 0 Å². The van der Waals surface area contributed by atoms with Gasteiger partial charge in [0, 0.05) is 6.04 Å². The third-order valence-electron chi connectivity index (χ3n) is 4.12. The highest BCUT2D eigenvalue weighted by Gasteiger charge is 2.35. The van der Waals surface area contributed by atoms with Gasteiger partial charge in [-0.3, -0.25) is 0 Å². The monoisotopic (exact) mass is 182 g/mol. The quantitative estimate of drug-likeness (QED) is 0.642. The molecule has 1 aliphatic carbocycles. The Morgan fingerprint density at radius 2 is 1.69 bits per heavy atom. The molecule has 0 atom stereocenters. The van der Waals surface area contributed by atoms with Crippen molar-refractivity contribution in [1.82, 2.24) is 10.6 Å². The molecule has 1 saturated heterocycles. The molecule has 1 spiro atoms. The molecular formula is C11H22N2. The van der Waals surface area contributed by atoms with Crippen molar-refractivity contribution in [3.63, 3.8) is 0 Å². The summed E-state index contributed by atoms with van der Waals surface area (Å²) in [4.78, 5) is 0. The summed E-state index contributed by atoms with van der Waals surface area (Å²) in [6.45, 7) is 2.51. The van der Waals surface area contributed by atoms with Gasteiger partial charge in [0.2, 0.25) is 0 Å². The number of hydrogen-bond acceptors (Lipinski definition) is 2. The van der Waals surface area contributed by atoms with Crippen molar-refractivity contribution in [3.8, 4) is 0 Å². The van der Waals surface area contributed by atoms with Gasteiger partial charge in [0.15, 0.2) is 0 Å². The average Bonchev–Trinajstić information content (AvgIpc) is 2.20. The van der Waals surface area contributed by atoms with Crippen LogP contribution in [0.15, 0.2) is 0 Å². The molecule has 13 heavy (non-hydrogen) atoms. The van der Waals surface area contributed by atoms with Crippen LogP contribution in [0.2, 0.25) is 0 Å². The lowest BCUT2D eigenvalue weighted by Gasteiger charge is -2.43. The Morgan fingerprint density at radius 1 is 1.08 bits per heavy atom. The molecule has 2 aliphatic rings. The molecular weight excluding hydrogens is 160 g/mol. The van der Waals surface area contributed by atoms with Crippen LogP contribution in [0.1, 0.15) is 38.5 Å². The first-order chi connectivity index (χ1) is 6.35. The Hall–Kier alpha value is -0.0800. The summed E-state index contributed by atoms with van der Waals surface area (Å²) in [5.74, 6) is 0. The van der Waals surface area contributed by atoms with Gasteiger partial charge in [-0.15, -0.1) is 0 Å². The molecule has 1 saturated carbocycles. The van der Waals surface area contributed by atoms with E-state index in [1.807, 2.05) is 0 Å². The molecule has 0 bridgehead atoms. The molecule has 2 nitrogen and oxygen atoms in total. The fraction of sp³-hybridized carbons (Fsp3) is 1.00. The van der Waals surface area contributed by atoms with Crippen molar-refractivity contribution in [2.75, 3.05) is 20.1 Å². The van der Waals surface area contributed by atoms with Crippen molar-refractivity contribution in [1.29, 1.82) is 0 Å². The van der Waals surface area contributed by atoms with Crippen LogP contribution in [-0.2, 0) is 0 Å². The molecule has 2 heteroatoms. The zero-order chi connectivity index (χ0) is 9.15. The molecule has 2 N–H and O–H groups in total. The second kappa shape index (κ2) is 3.97. The predicted octanol–water partition coefficient (Wildman–Crippen LogP) is 1.52. The van der Waals surface area contributed by atoms with E-state index in [0.29, 0.717) is 0 Å². The highest BCUT2D eigenvalue weighted by atomic mass is 14.9. The second-order valence-electron chi connectivity index (χ2n) is 4.81. The average molecular weight is 182 g/mol. The molecule has 0 amide bonds. The third-order valence-corrected chi connectivity index (χ3v) is 4.12. The van der Waals surface area contributed by atoms with Crippen molar-refractivity contribution in [2.45, 2.75) is 44.6 Å². The molecule has 0 radical (unpaired) electrons. The van der Waals surface area contributed by atoms with Crippen LogP contribution in [-0.4, -0.2) is 26.2 Å². The van der Waals surface area contributed by atoms with Gasteiger partial charge in [0.05, 0.1) is 0 Å². The van der Waals surface area contributed by atoms with Gasteiger partial charge < -0.3 is 10.6 Å². The summed E-state index contributed by atoms with van der Waals surface area (Å²) in [5, 5.41) is 6.88. The van der Waals surface area contributed by atoms with E-state index in [0.717, 1.165) is 11.5 Å². The van der Waals surface area contributed by atoms with Crippen LogP contribution in [0.5, 0.6) is 0 Å². The number of rotatable bonds is 1. The zero-order valence-electron chi connectivity index (χ0n) is 8.73. The lowest BCUT2D eigenvalue weighted by Crippen LogP contribution is -2.42. The van der Waals surface area contributed by atoms with E-state index in [4.69, 9.17) is 0 Å². The summed E-state index contributed by atoms with van der Waals surface area (Å²) in [7, 11) is 2.10. The highest BCUT2D eigenvalue weighted by molar-refractivity contribution is 4.90. The second-order valence-corrected chi connectivity index (χ2v) is 4.81. The Bertz CT molecular complexity index is 151. The molecule has 0 unspecified atom stereocenters. The maximum atomic E-state index is 3.47. The topological polar surface area (TPSA) is 24.1 Å². The van der Waals surface area contributed by atoms with Crippen molar-refractivity contribution < 1.29 is 0 Å². The molecule has 0 aromatic carbocycles. The third kappa shape index (κ3) is 2.05. The Morgan fingerprint density at radius 3 is 2.23 bits per heavy atom. The number of piperidine rings is 1.